The van der Waals surface area contributed by atoms with Crippen molar-refractivity contribution in [2.24, 2.45) is 5.41 Å². The molecule has 22 heavy (non-hydrogen) atoms. The highest BCUT2D eigenvalue weighted by Gasteiger charge is 2.50. The van der Waals surface area contributed by atoms with Crippen LogP contribution < -0.4 is 0 Å². The maximum Gasteiger partial charge on any atom is 0.311 e. The van der Waals surface area contributed by atoms with Gasteiger partial charge in [0.05, 0.1) is 30.4 Å². The monoisotopic (exact) mass is 301 g/mol. The van der Waals surface area contributed by atoms with Gasteiger partial charge in [0.25, 0.3) is 0 Å². The third kappa shape index (κ3) is 2.30. The number of nitrogens with zero attached hydrogens (tertiary/aromatic N) is 5. The van der Waals surface area contributed by atoms with Crippen LogP contribution in [0.2, 0.25) is 0 Å². The van der Waals surface area contributed by atoms with Gasteiger partial charge in [-0.3, -0.25) is 14.2 Å². The Bertz CT molecular complexity index is 694. The Morgan fingerprint density at radius 3 is 2.77 bits per heavy atom. The van der Waals surface area contributed by atoms with Crippen LogP contribution in [-0.2, 0) is 11.3 Å². The van der Waals surface area contributed by atoms with Crippen LogP contribution in [0, 0.1) is 5.41 Å². The van der Waals surface area contributed by atoms with E-state index in [1.165, 1.54) is 25.7 Å². The lowest BCUT2D eigenvalue weighted by molar-refractivity contribution is -0.144. The summed E-state index contributed by atoms with van der Waals surface area (Å²) in [6, 6.07) is 0.505. The zero-order chi connectivity index (χ0) is 15.2. The fourth-order valence-electron chi connectivity index (χ4n) is 3.25. The lowest BCUT2D eigenvalue weighted by Crippen LogP contribution is -2.21. The Kier molecular flexibility index (Phi) is 3.02. The number of hydrogen-bond acceptors (Lipinski definition) is 4. The van der Waals surface area contributed by atoms with E-state index < -0.39 is 11.4 Å². The van der Waals surface area contributed by atoms with Crippen molar-refractivity contribution in [1.29, 1.82) is 0 Å². The van der Waals surface area contributed by atoms with Crippen molar-refractivity contribution < 1.29 is 9.90 Å². The molecule has 0 atom stereocenters. The molecule has 0 spiro atoms. The van der Waals surface area contributed by atoms with Gasteiger partial charge in [-0.15, -0.1) is 5.10 Å². The summed E-state index contributed by atoms with van der Waals surface area (Å²) in [5.74, 6) is -0.737. The largest absolute Gasteiger partial charge is 0.481 e. The van der Waals surface area contributed by atoms with Gasteiger partial charge >= 0.3 is 5.97 Å². The van der Waals surface area contributed by atoms with Gasteiger partial charge in [-0.05, 0) is 25.7 Å². The molecular formula is C15H19N5O2. The number of carbonyl (C=O) groups is 1. The van der Waals surface area contributed by atoms with Crippen molar-refractivity contribution >= 4 is 5.97 Å². The number of rotatable bonds is 5. The molecule has 0 aliphatic heterocycles. The van der Waals surface area contributed by atoms with Gasteiger partial charge in [-0.2, -0.15) is 5.10 Å². The molecule has 116 valence electrons. The summed E-state index contributed by atoms with van der Waals surface area (Å²) in [5.41, 5.74) is 1.07. The highest BCUT2D eigenvalue weighted by Crippen LogP contribution is 2.47. The smallest absolute Gasteiger partial charge is 0.311 e. The van der Waals surface area contributed by atoms with Gasteiger partial charge in [0.2, 0.25) is 0 Å². The molecule has 0 unspecified atom stereocenters. The van der Waals surface area contributed by atoms with Crippen molar-refractivity contribution in [2.45, 2.75) is 51.1 Å². The normalized spacial score (nSPS) is 20.4. The zero-order valence-corrected chi connectivity index (χ0v) is 12.4. The molecule has 0 bridgehead atoms. The average molecular weight is 301 g/mol. The molecule has 0 aromatic carbocycles. The third-order valence-corrected chi connectivity index (χ3v) is 4.91. The predicted octanol–water partition coefficient (Wildman–Crippen LogP) is 2.12. The van der Waals surface area contributed by atoms with E-state index in [0.717, 1.165) is 24.1 Å². The van der Waals surface area contributed by atoms with Gasteiger partial charge < -0.3 is 5.11 Å². The van der Waals surface area contributed by atoms with Crippen LogP contribution >= 0.6 is 0 Å². The maximum atomic E-state index is 11.2. The minimum absolute atomic E-state index is 0.395. The molecule has 0 radical (unpaired) electrons. The lowest BCUT2D eigenvalue weighted by Gasteiger charge is -2.08. The van der Waals surface area contributed by atoms with Crippen molar-refractivity contribution in [3.05, 3.63) is 18.6 Å². The topological polar surface area (TPSA) is 85.8 Å². The van der Waals surface area contributed by atoms with Crippen LogP contribution in [0.5, 0.6) is 0 Å². The Labute approximate surface area is 127 Å². The molecule has 2 aromatic heterocycles. The quantitative estimate of drug-likeness (QED) is 0.914. The molecule has 7 nitrogen and oxygen atoms in total. The Balaban J connectivity index is 1.50. The number of aromatic nitrogens is 5. The van der Waals surface area contributed by atoms with Crippen LogP contribution in [0.4, 0.5) is 0 Å². The first-order chi connectivity index (χ1) is 10.7. The first-order valence-corrected chi connectivity index (χ1v) is 7.84. The van der Waals surface area contributed by atoms with E-state index in [0.29, 0.717) is 12.6 Å². The number of carboxylic acid groups (broad SMARTS) is 1. The van der Waals surface area contributed by atoms with E-state index in [-0.39, 0.29) is 0 Å². The molecule has 2 aliphatic carbocycles. The highest BCUT2D eigenvalue weighted by atomic mass is 16.4. The molecule has 2 fully saturated rings. The second-order valence-electron chi connectivity index (χ2n) is 6.53. The molecule has 4 rings (SSSR count). The van der Waals surface area contributed by atoms with E-state index in [2.05, 4.69) is 15.4 Å². The molecule has 1 N–H and O–H groups in total. The van der Waals surface area contributed by atoms with E-state index in [4.69, 9.17) is 0 Å². The number of aliphatic carboxylic acids is 1. The summed E-state index contributed by atoms with van der Waals surface area (Å²) < 4.78 is 3.67. The molecule has 0 amide bonds. The number of hydrogen-bond donors (Lipinski definition) is 1. The number of carboxylic acids is 1. The fraction of sp³-hybridized carbons (Fsp3) is 0.600. The van der Waals surface area contributed by atoms with Gasteiger partial charge in [-0.25, -0.2) is 0 Å². The predicted molar refractivity (Wildman–Crippen MR) is 78.1 cm³/mol. The molecule has 2 saturated carbocycles. The van der Waals surface area contributed by atoms with Crippen molar-refractivity contribution in [3.8, 4) is 11.3 Å². The van der Waals surface area contributed by atoms with Gasteiger partial charge in [-0.1, -0.05) is 18.1 Å². The van der Waals surface area contributed by atoms with Crippen molar-refractivity contribution in [3.63, 3.8) is 0 Å². The minimum Gasteiger partial charge on any atom is -0.481 e. The van der Waals surface area contributed by atoms with Crippen LogP contribution in [0.25, 0.3) is 11.3 Å². The second kappa shape index (κ2) is 4.93. The summed E-state index contributed by atoms with van der Waals surface area (Å²) in [4.78, 5) is 11.2. The summed E-state index contributed by atoms with van der Waals surface area (Å²) in [6.45, 7) is 0.395. The van der Waals surface area contributed by atoms with E-state index in [9.17, 15) is 9.90 Å². The highest BCUT2D eigenvalue weighted by molar-refractivity contribution is 5.77. The molecule has 2 heterocycles. The maximum absolute atomic E-state index is 11.2. The Morgan fingerprint density at radius 1 is 1.32 bits per heavy atom. The lowest BCUT2D eigenvalue weighted by atomic mass is 10.1. The fourth-order valence-corrected chi connectivity index (χ4v) is 3.25. The summed E-state index contributed by atoms with van der Waals surface area (Å²) in [6.07, 6.45) is 12.0. The first kappa shape index (κ1) is 13.5. The van der Waals surface area contributed by atoms with Crippen LogP contribution in [0.3, 0.4) is 0 Å². The van der Waals surface area contributed by atoms with Gasteiger partial charge in [0.1, 0.15) is 5.69 Å². The Hall–Kier alpha value is -2.18. The second-order valence-corrected chi connectivity index (χ2v) is 6.53. The van der Waals surface area contributed by atoms with Gasteiger partial charge in [0, 0.05) is 11.8 Å². The van der Waals surface area contributed by atoms with E-state index in [1.54, 1.807) is 4.68 Å². The summed E-state index contributed by atoms with van der Waals surface area (Å²) >= 11 is 0. The first-order valence-electron chi connectivity index (χ1n) is 7.84. The molecule has 0 saturated heterocycles. The average Bonchev–Trinajstić information content (AvgIpc) is 2.98. The van der Waals surface area contributed by atoms with Crippen LogP contribution in [-0.4, -0.2) is 35.9 Å². The SMILES string of the molecule is O=C(O)C1(Cn2cc(-c3cnn(C4CCCC4)c3)nn2)CC1. The zero-order valence-electron chi connectivity index (χ0n) is 12.4. The minimum atomic E-state index is -0.737. The van der Waals surface area contributed by atoms with Crippen LogP contribution in [0.1, 0.15) is 44.6 Å². The van der Waals surface area contributed by atoms with Crippen molar-refractivity contribution in [1.82, 2.24) is 24.8 Å². The molecular weight excluding hydrogens is 282 g/mol. The Morgan fingerprint density at radius 2 is 2.09 bits per heavy atom. The van der Waals surface area contributed by atoms with Crippen LogP contribution in [0.15, 0.2) is 18.6 Å². The summed E-state index contributed by atoms with van der Waals surface area (Å²) in [5, 5.41) is 21.9. The van der Waals surface area contributed by atoms with Crippen molar-refractivity contribution in [2.75, 3.05) is 0 Å². The van der Waals surface area contributed by atoms with E-state index >= 15 is 0 Å². The molecule has 7 heteroatoms. The third-order valence-electron chi connectivity index (χ3n) is 4.91. The molecule has 2 aromatic rings. The summed E-state index contributed by atoms with van der Waals surface area (Å²) in [7, 11) is 0. The molecule has 2 aliphatic rings. The standard InChI is InChI=1S/C15H19N5O2/c21-14(22)15(5-6-15)10-19-9-13(17-18-19)11-7-16-20(8-11)12-3-1-2-4-12/h7-9,12H,1-6,10H2,(H,21,22). The van der Waals surface area contributed by atoms with Gasteiger partial charge in [0.15, 0.2) is 0 Å². The van der Waals surface area contributed by atoms with E-state index in [1.807, 2.05) is 23.3 Å².